The lowest BCUT2D eigenvalue weighted by atomic mass is 10.2. The van der Waals surface area contributed by atoms with Crippen LogP contribution in [0.3, 0.4) is 0 Å². The van der Waals surface area contributed by atoms with Gasteiger partial charge in [0.25, 0.3) is 0 Å². The molecule has 0 saturated carbocycles. The Morgan fingerprint density at radius 2 is 2.09 bits per heavy atom. The van der Waals surface area contributed by atoms with Gasteiger partial charge in [0.1, 0.15) is 0 Å². The molecule has 0 unspecified atom stereocenters. The van der Waals surface area contributed by atoms with Crippen LogP contribution in [0.25, 0.3) is 0 Å². The standard InChI is InChI=1S/C15H23ClN4OS.HI/c1-20(2)14(21)11-19-15(17-7-8-22-3)18-10-12-5-4-6-13(16)9-12;/h4-6,9H,7-8,10-11H2,1-3H3,(H2,17,18,19);1H. The van der Waals surface area contributed by atoms with Crippen LogP contribution >= 0.6 is 47.3 Å². The molecule has 0 aliphatic carbocycles. The zero-order valence-electron chi connectivity index (χ0n) is 13.6. The van der Waals surface area contributed by atoms with Crippen molar-refractivity contribution in [2.24, 2.45) is 4.99 Å². The molecule has 5 nitrogen and oxygen atoms in total. The molecule has 1 aromatic rings. The fraction of sp³-hybridized carbons (Fsp3) is 0.467. The van der Waals surface area contributed by atoms with Gasteiger partial charge in [-0.2, -0.15) is 11.8 Å². The number of halogens is 2. The lowest BCUT2D eigenvalue weighted by Gasteiger charge is -2.14. The summed E-state index contributed by atoms with van der Waals surface area (Å²) in [6.07, 6.45) is 2.05. The zero-order chi connectivity index (χ0) is 16.4. The molecule has 0 aromatic heterocycles. The fourth-order valence-electron chi connectivity index (χ4n) is 1.57. The number of hydrogen-bond acceptors (Lipinski definition) is 3. The molecule has 0 aliphatic heterocycles. The molecule has 0 atom stereocenters. The largest absolute Gasteiger partial charge is 0.356 e. The number of nitrogens with zero attached hydrogens (tertiary/aromatic N) is 2. The Balaban J connectivity index is 0.00000484. The van der Waals surface area contributed by atoms with E-state index in [9.17, 15) is 4.79 Å². The second-order valence-electron chi connectivity index (χ2n) is 4.86. The first kappa shape index (κ1) is 22.3. The van der Waals surface area contributed by atoms with E-state index in [2.05, 4.69) is 15.6 Å². The fourth-order valence-corrected chi connectivity index (χ4v) is 2.09. The van der Waals surface area contributed by atoms with Gasteiger partial charge >= 0.3 is 0 Å². The molecule has 130 valence electrons. The quantitative estimate of drug-likeness (QED) is 0.278. The number of thioether (sulfide) groups is 1. The van der Waals surface area contributed by atoms with E-state index in [0.717, 1.165) is 17.9 Å². The Hall–Kier alpha value is -0.670. The Morgan fingerprint density at radius 1 is 1.35 bits per heavy atom. The van der Waals surface area contributed by atoms with Crippen LogP contribution in [0, 0.1) is 0 Å². The van der Waals surface area contributed by atoms with E-state index >= 15 is 0 Å². The van der Waals surface area contributed by atoms with E-state index in [1.165, 1.54) is 0 Å². The Bertz CT molecular complexity index is 514. The van der Waals surface area contributed by atoms with Crippen molar-refractivity contribution in [2.45, 2.75) is 6.54 Å². The van der Waals surface area contributed by atoms with E-state index in [0.29, 0.717) is 17.5 Å². The van der Waals surface area contributed by atoms with Gasteiger partial charge in [0.15, 0.2) is 5.96 Å². The van der Waals surface area contributed by atoms with Crippen LogP contribution in [0.2, 0.25) is 5.02 Å². The van der Waals surface area contributed by atoms with Gasteiger partial charge in [-0.15, -0.1) is 24.0 Å². The van der Waals surface area contributed by atoms with Crippen molar-refractivity contribution in [3.05, 3.63) is 34.9 Å². The predicted octanol–water partition coefficient (Wildman–Crippen LogP) is 2.44. The number of guanidine groups is 1. The topological polar surface area (TPSA) is 56.7 Å². The van der Waals surface area contributed by atoms with Crippen molar-refractivity contribution < 1.29 is 4.79 Å². The summed E-state index contributed by atoms with van der Waals surface area (Å²) in [5.74, 6) is 1.60. The molecular weight excluding hydrogens is 447 g/mol. The molecule has 1 amide bonds. The van der Waals surface area contributed by atoms with Crippen molar-refractivity contribution in [1.82, 2.24) is 15.5 Å². The minimum absolute atomic E-state index is 0. The monoisotopic (exact) mass is 470 g/mol. The van der Waals surface area contributed by atoms with Gasteiger partial charge < -0.3 is 15.5 Å². The van der Waals surface area contributed by atoms with Gasteiger partial charge in [0.2, 0.25) is 5.91 Å². The lowest BCUT2D eigenvalue weighted by Crippen LogP contribution is -2.43. The Kier molecular flexibility index (Phi) is 12.3. The summed E-state index contributed by atoms with van der Waals surface area (Å²) in [5, 5.41) is 6.96. The Labute approximate surface area is 164 Å². The van der Waals surface area contributed by atoms with Crippen LogP contribution in [-0.2, 0) is 11.3 Å². The van der Waals surface area contributed by atoms with Gasteiger partial charge in [-0.1, -0.05) is 23.7 Å². The lowest BCUT2D eigenvalue weighted by molar-refractivity contribution is -0.127. The molecule has 1 rings (SSSR count). The van der Waals surface area contributed by atoms with Crippen molar-refractivity contribution >= 4 is 59.2 Å². The third kappa shape index (κ3) is 9.93. The molecule has 0 spiro atoms. The number of carbonyl (C=O) groups excluding carboxylic acids is 1. The summed E-state index contributed by atoms with van der Waals surface area (Å²) < 4.78 is 0. The van der Waals surface area contributed by atoms with Crippen LogP contribution in [0.15, 0.2) is 29.3 Å². The molecule has 0 bridgehead atoms. The highest BCUT2D eigenvalue weighted by molar-refractivity contribution is 14.0. The SMILES string of the molecule is CSCCNC(=NCc1cccc(Cl)c1)NCC(=O)N(C)C.I. The third-order valence-corrected chi connectivity index (χ3v) is 3.66. The van der Waals surface area contributed by atoms with Crippen LogP contribution < -0.4 is 10.6 Å². The molecule has 0 saturated heterocycles. The van der Waals surface area contributed by atoms with Gasteiger partial charge in [-0.05, 0) is 24.0 Å². The zero-order valence-corrected chi connectivity index (χ0v) is 17.5. The molecule has 0 fully saturated rings. The van der Waals surface area contributed by atoms with Gasteiger partial charge in [-0.3, -0.25) is 4.79 Å². The highest BCUT2D eigenvalue weighted by atomic mass is 127. The highest BCUT2D eigenvalue weighted by Gasteiger charge is 2.05. The molecule has 23 heavy (non-hydrogen) atoms. The van der Waals surface area contributed by atoms with Crippen LogP contribution in [-0.4, -0.2) is 56.0 Å². The number of aliphatic imine (C=N–C) groups is 1. The molecule has 8 heteroatoms. The third-order valence-electron chi connectivity index (χ3n) is 2.81. The maximum absolute atomic E-state index is 11.7. The van der Waals surface area contributed by atoms with Gasteiger partial charge in [-0.25, -0.2) is 4.99 Å². The van der Waals surface area contributed by atoms with Crippen LogP contribution in [0.1, 0.15) is 5.56 Å². The first-order valence-electron chi connectivity index (χ1n) is 6.98. The maximum atomic E-state index is 11.7. The second-order valence-corrected chi connectivity index (χ2v) is 6.28. The van der Waals surface area contributed by atoms with Crippen molar-refractivity contribution in [1.29, 1.82) is 0 Å². The minimum atomic E-state index is 0. The number of rotatable bonds is 7. The number of likely N-dealkylation sites (N-methyl/N-ethyl adjacent to an activating group) is 1. The summed E-state index contributed by atoms with van der Waals surface area (Å²) in [6, 6.07) is 7.59. The number of carbonyl (C=O) groups is 1. The van der Waals surface area contributed by atoms with E-state index < -0.39 is 0 Å². The summed E-state index contributed by atoms with van der Waals surface area (Å²) in [7, 11) is 3.46. The summed E-state index contributed by atoms with van der Waals surface area (Å²) in [6.45, 7) is 1.51. The smallest absolute Gasteiger partial charge is 0.241 e. The highest BCUT2D eigenvalue weighted by Crippen LogP contribution is 2.11. The molecule has 2 N–H and O–H groups in total. The molecule has 0 heterocycles. The average Bonchev–Trinajstić information content (AvgIpc) is 2.49. The molecule has 0 radical (unpaired) electrons. The molecule has 0 aliphatic rings. The van der Waals surface area contributed by atoms with Crippen molar-refractivity contribution in [3.8, 4) is 0 Å². The normalized spacial score (nSPS) is 10.7. The summed E-state index contributed by atoms with van der Waals surface area (Å²) in [5.41, 5.74) is 1.03. The summed E-state index contributed by atoms with van der Waals surface area (Å²) >= 11 is 7.72. The molecular formula is C15H24ClIN4OS. The van der Waals surface area contributed by atoms with Gasteiger partial charge in [0, 0.05) is 31.4 Å². The van der Waals surface area contributed by atoms with E-state index in [1.807, 2.05) is 30.5 Å². The van der Waals surface area contributed by atoms with E-state index in [1.54, 1.807) is 30.8 Å². The number of nitrogens with one attached hydrogen (secondary N) is 2. The van der Waals surface area contributed by atoms with Crippen molar-refractivity contribution in [2.75, 3.05) is 39.2 Å². The van der Waals surface area contributed by atoms with Gasteiger partial charge in [0.05, 0.1) is 13.1 Å². The first-order chi connectivity index (χ1) is 10.5. The Morgan fingerprint density at radius 3 is 2.70 bits per heavy atom. The average molecular weight is 471 g/mol. The second kappa shape index (κ2) is 12.7. The minimum Gasteiger partial charge on any atom is -0.356 e. The number of hydrogen-bond donors (Lipinski definition) is 2. The first-order valence-corrected chi connectivity index (χ1v) is 8.76. The number of benzene rings is 1. The maximum Gasteiger partial charge on any atom is 0.241 e. The molecule has 1 aromatic carbocycles. The van der Waals surface area contributed by atoms with E-state index in [-0.39, 0.29) is 36.4 Å². The van der Waals surface area contributed by atoms with Crippen LogP contribution in [0.4, 0.5) is 0 Å². The van der Waals surface area contributed by atoms with E-state index in [4.69, 9.17) is 11.6 Å². The summed E-state index contributed by atoms with van der Waals surface area (Å²) in [4.78, 5) is 17.7. The van der Waals surface area contributed by atoms with Crippen molar-refractivity contribution in [3.63, 3.8) is 0 Å². The van der Waals surface area contributed by atoms with Crippen LogP contribution in [0.5, 0.6) is 0 Å². The predicted molar refractivity (Wildman–Crippen MR) is 111 cm³/mol. The number of amides is 1.